The van der Waals surface area contributed by atoms with Crippen LogP contribution in [0, 0.1) is 6.92 Å². The summed E-state index contributed by atoms with van der Waals surface area (Å²) in [5.41, 5.74) is 1.22. The number of phenols is 1. The van der Waals surface area contributed by atoms with Crippen molar-refractivity contribution in [2.75, 3.05) is 20.3 Å². The van der Waals surface area contributed by atoms with Gasteiger partial charge in [-0.05, 0) is 30.7 Å². The number of halogens is 1. The molecule has 1 atom stereocenters. The predicted molar refractivity (Wildman–Crippen MR) is 69.8 cm³/mol. The minimum atomic E-state index is -0.159. The van der Waals surface area contributed by atoms with Gasteiger partial charge in [0, 0.05) is 19.2 Å². The van der Waals surface area contributed by atoms with Crippen LogP contribution in [0.5, 0.6) is 5.75 Å². The Morgan fingerprint density at radius 3 is 2.88 bits per heavy atom. The second kappa shape index (κ2) is 6.61. The van der Waals surface area contributed by atoms with E-state index in [4.69, 9.17) is 4.74 Å². The first-order valence-corrected chi connectivity index (χ1v) is 6.17. The summed E-state index contributed by atoms with van der Waals surface area (Å²) in [5, 5.41) is 12.1. The number of aryl methyl sites for hydroxylation is 1. The van der Waals surface area contributed by atoms with Crippen LogP contribution in [0.2, 0.25) is 0 Å². The summed E-state index contributed by atoms with van der Waals surface area (Å²) < 4.78 is 4.95. The van der Waals surface area contributed by atoms with Gasteiger partial charge >= 0.3 is 0 Å². The summed E-state index contributed by atoms with van der Waals surface area (Å²) in [4.78, 5) is 11.9. The summed E-state index contributed by atoms with van der Waals surface area (Å²) in [5.74, 6) is 0.0351. The van der Waals surface area contributed by atoms with Crippen molar-refractivity contribution < 1.29 is 14.6 Å². The number of alkyl halides is 1. The number of ether oxygens (including phenoxy) is 1. The van der Waals surface area contributed by atoms with E-state index in [0.717, 1.165) is 0 Å². The highest BCUT2D eigenvalue weighted by Crippen LogP contribution is 2.16. The fourth-order valence-electron chi connectivity index (χ4n) is 1.34. The number of amides is 1. The van der Waals surface area contributed by atoms with Crippen LogP contribution < -0.4 is 5.32 Å². The quantitative estimate of drug-likeness (QED) is 0.816. The third-order valence-electron chi connectivity index (χ3n) is 2.29. The lowest BCUT2D eigenvalue weighted by Gasteiger charge is -2.10. The molecule has 0 heterocycles. The van der Waals surface area contributed by atoms with Gasteiger partial charge in [-0.2, -0.15) is 0 Å². The van der Waals surface area contributed by atoms with Crippen LogP contribution in [-0.2, 0) is 4.74 Å². The highest BCUT2D eigenvalue weighted by Gasteiger charge is 2.09. The molecule has 0 spiro atoms. The average Bonchev–Trinajstić information content (AvgIpc) is 2.30. The van der Waals surface area contributed by atoms with Crippen molar-refractivity contribution in [2.24, 2.45) is 0 Å². The minimum Gasteiger partial charge on any atom is -0.508 e. The van der Waals surface area contributed by atoms with Crippen molar-refractivity contribution in [1.82, 2.24) is 5.32 Å². The molecule has 0 aromatic heterocycles. The molecule has 1 aromatic rings. The highest BCUT2D eigenvalue weighted by molar-refractivity contribution is 9.09. The second-order valence-electron chi connectivity index (χ2n) is 3.76. The normalized spacial score (nSPS) is 12.2. The van der Waals surface area contributed by atoms with Crippen LogP contribution in [0.1, 0.15) is 15.9 Å². The molecule has 0 fully saturated rings. The fraction of sp³-hybridized carbons (Fsp3) is 0.417. The summed E-state index contributed by atoms with van der Waals surface area (Å²) >= 11 is 3.39. The minimum absolute atomic E-state index is 0.0923. The highest BCUT2D eigenvalue weighted by atomic mass is 79.9. The summed E-state index contributed by atoms with van der Waals surface area (Å²) in [6.07, 6.45) is 0. The molecule has 5 heteroatoms. The Morgan fingerprint density at radius 2 is 2.29 bits per heavy atom. The molecule has 1 amide bonds. The van der Waals surface area contributed by atoms with Crippen LogP contribution in [0.15, 0.2) is 18.2 Å². The van der Waals surface area contributed by atoms with Crippen molar-refractivity contribution >= 4 is 21.8 Å². The second-order valence-corrected chi connectivity index (χ2v) is 5.06. The Labute approximate surface area is 109 Å². The van der Waals surface area contributed by atoms with Gasteiger partial charge < -0.3 is 15.2 Å². The molecule has 0 aliphatic rings. The zero-order valence-electron chi connectivity index (χ0n) is 9.87. The van der Waals surface area contributed by atoms with E-state index < -0.39 is 0 Å². The molecule has 0 bridgehead atoms. The van der Waals surface area contributed by atoms with Crippen molar-refractivity contribution in [3.8, 4) is 5.75 Å². The number of carbonyl (C=O) groups excluding carboxylic acids is 1. The maximum Gasteiger partial charge on any atom is 0.251 e. The molecule has 1 aromatic carbocycles. The molecule has 94 valence electrons. The van der Waals surface area contributed by atoms with Crippen LogP contribution in [0.3, 0.4) is 0 Å². The van der Waals surface area contributed by atoms with Crippen LogP contribution in [0.4, 0.5) is 0 Å². The van der Waals surface area contributed by atoms with E-state index in [-0.39, 0.29) is 16.5 Å². The van der Waals surface area contributed by atoms with Gasteiger partial charge in [-0.1, -0.05) is 15.9 Å². The number of nitrogens with one attached hydrogen (secondary N) is 1. The van der Waals surface area contributed by atoms with E-state index in [1.807, 2.05) is 0 Å². The standard InChI is InChI=1S/C12H16BrNO3/c1-8-5-9(3-4-11(8)15)12(16)14-6-10(13)7-17-2/h3-5,10,15H,6-7H2,1-2H3,(H,14,16). The monoisotopic (exact) mass is 301 g/mol. The fourth-order valence-corrected chi connectivity index (χ4v) is 1.77. The van der Waals surface area contributed by atoms with Crippen molar-refractivity contribution in [3.63, 3.8) is 0 Å². The molecule has 2 N–H and O–H groups in total. The Bertz CT molecular complexity index is 395. The summed E-state index contributed by atoms with van der Waals surface area (Å²) in [7, 11) is 1.61. The molecular weight excluding hydrogens is 286 g/mol. The molecular formula is C12H16BrNO3. The molecule has 0 aliphatic heterocycles. The number of rotatable bonds is 5. The number of aromatic hydroxyl groups is 1. The van der Waals surface area contributed by atoms with Gasteiger partial charge in [-0.25, -0.2) is 0 Å². The van der Waals surface area contributed by atoms with E-state index in [0.29, 0.717) is 24.3 Å². The van der Waals surface area contributed by atoms with Gasteiger partial charge in [0.1, 0.15) is 5.75 Å². The van der Waals surface area contributed by atoms with E-state index in [2.05, 4.69) is 21.2 Å². The number of benzene rings is 1. The molecule has 17 heavy (non-hydrogen) atoms. The molecule has 4 nitrogen and oxygen atoms in total. The Balaban J connectivity index is 2.55. The van der Waals surface area contributed by atoms with Crippen LogP contribution in [-0.4, -0.2) is 36.1 Å². The van der Waals surface area contributed by atoms with Gasteiger partial charge in [0.2, 0.25) is 0 Å². The van der Waals surface area contributed by atoms with E-state index in [1.54, 1.807) is 26.2 Å². The lowest BCUT2D eigenvalue weighted by Crippen LogP contribution is -2.31. The molecule has 0 saturated heterocycles. The van der Waals surface area contributed by atoms with Gasteiger partial charge in [0.15, 0.2) is 0 Å². The number of phenolic OH excluding ortho intramolecular Hbond substituents is 1. The van der Waals surface area contributed by atoms with Gasteiger partial charge in [0.05, 0.1) is 11.4 Å². The molecule has 1 unspecified atom stereocenters. The molecule has 0 saturated carbocycles. The number of hydrogen-bond donors (Lipinski definition) is 2. The zero-order valence-corrected chi connectivity index (χ0v) is 11.5. The number of carbonyl (C=O) groups is 1. The van der Waals surface area contributed by atoms with Gasteiger partial charge in [0.25, 0.3) is 5.91 Å². The zero-order chi connectivity index (χ0) is 12.8. The predicted octanol–water partition coefficient (Wildman–Crippen LogP) is 1.84. The summed E-state index contributed by atoms with van der Waals surface area (Å²) in [6.45, 7) is 2.78. The number of hydrogen-bond acceptors (Lipinski definition) is 3. The van der Waals surface area contributed by atoms with E-state index in [9.17, 15) is 9.90 Å². The lowest BCUT2D eigenvalue weighted by atomic mass is 10.1. The molecule has 1 rings (SSSR count). The van der Waals surface area contributed by atoms with Crippen LogP contribution >= 0.6 is 15.9 Å². The summed E-state index contributed by atoms with van der Waals surface area (Å²) in [6, 6.07) is 4.77. The van der Waals surface area contributed by atoms with Crippen molar-refractivity contribution in [3.05, 3.63) is 29.3 Å². The first kappa shape index (κ1) is 14.0. The SMILES string of the molecule is COCC(Br)CNC(=O)c1ccc(O)c(C)c1. The van der Waals surface area contributed by atoms with Crippen LogP contribution in [0.25, 0.3) is 0 Å². The van der Waals surface area contributed by atoms with Crippen molar-refractivity contribution in [2.45, 2.75) is 11.8 Å². The maximum absolute atomic E-state index is 11.8. The third-order valence-corrected chi connectivity index (χ3v) is 2.88. The average molecular weight is 302 g/mol. The Hall–Kier alpha value is -1.07. The third kappa shape index (κ3) is 4.36. The maximum atomic E-state index is 11.8. The molecule has 0 radical (unpaired) electrons. The Kier molecular flexibility index (Phi) is 5.44. The first-order chi connectivity index (χ1) is 8.04. The van der Waals surface area contributed by atoms with E-state index in [1.165, 1.54) is 6.07 Å². The molecule has 0 aliphatic carbocycles. The van der Waals surface area contributed by atoms with Gasteiger partial charge in [-0.3, -0.25) is 4.79 Å². The number of methoxy groups -OCH3 is 1. The lowest BCUT2D eigenvalue weighted by molar-refractivity contribution is 0.0950. The van der Waals surface area contributed by atoms with Gasteiger partial charge in [-0.15, -0.1) is 0 Å². The topological polar surface area (TPSA) is 58.6 Å². The van der Waals surface area contributed by atoms with Crippen molar-refractivity contribution in [1.29, 1.82) is 0 Å². The Morgan fingerprint density at radius 1 is 1.59 bits per heavy atom. The first-order valence-electron chi connectivity index (χ1n) is 5.25. The largest absolute Gasteiger partial charge is 0.508 e. The smallest absolute Gasteiger partial charge is 0.251 e. The van der Waals surface area contributed by atoms with E-state index >= 15 is 0 Å².